The van der Waals surface area contributed by atoms with Gasteiger partial charge in [-0.2, -0.15) is 0 Å². The van der Waals surface area contributed by atoms with Gasteiger partial charge < -0.3 is 10.1 Å². The van der Waals surface area contributed by atoms with Crippen LogP contribution in [0.3, 0.4) is 0 Å². The fraction of sp³-hybridized carbons (Fsp3) is 0.286. The molecule has 94 valence electrons. The maximum absolute atomic E-state index is 11.9. The maximum atomic E-state index is 11.9. The van der Waals surface area contributed by atoms with Crippen LogP contribution in [0.25, 0.3) is 10.9 Å². The summed E-state index contributed by atoms with van der Waals surface area (Å²) in [6, 6.07) is 7.52. The highest BCUT2D eigenvalue weighted by atomic mass is 16.5. The van der Waals surface area contributed by atoms with Crippen molar-refractivity contribution < 1.29 is 9.53 Å². The van der Waals surface area contributed by atoms with Crippen LogP contribution in [0.2, 0.25) is 0 Å². The van der Waals surface area contributed by atoms with E-state index in [0.717, 1.165) is 16.7 Å². The lowest BCUT2D eigenvalue weighted by atomic mass is 10.1. The van der Waals surface area contributed by atoms with Crippen LogP contribution in [-0.2, 0) is 0 Å². The van der Waals surface area contributed by atoms with E-state index in [4.69, 9.17) is 4.74 Å². The van der Waals surface area contributed by atoms with Crippen molar-refractivity contribution in [1.82, 2.24) is 10.3 Å². The molecule has 0 radical (unpaired) electrons. The topological polar surface area (TPSA) is 51.2 Å². The number of ether oxygens (including phenoxy) is 1. The first-order chi connectivity index (χ1) is 8.60. The number of benzene rings is 1. The van der Waals surface area contributed by atoms with E-state index >= 15 is 0 Å². The molecule has 1 aromatic carbocycles. The van der Waals surface area contributed by atoms with E-state index in [1.54, 1.807) is 13.3 Å². The first-order valence-electron chi connectivity index (χ1n) is 5.85. The molecular formula is C14H16N2O2. The number of aromatic nitrogens is 1. The summed E-state index contributed by atoms with van der Waals surface area (Å²) in [6.45, 7) is 3.85. The summed E-state index contributed by atoms with van der Waals surface area (Å²) in [5, 5.41) is 3.74. The molecule has 18 heavy (non-hydrogen) atoms. The molecule has 0 aliphatic rings. The number of nitrogens with zero attached hydrogens (tertiary/aromatic N) is 1. The molecule has 4 heteroatoms. The monoisotopic (exact) mass is 244 g/mol. The van der Waals surface area contributed by atoms with Gasteiger partial charge in [0.05, 0.1) is 18.2 Å². The van der Waals surface area contributed by atoms with Crippen LogP contribution in [0, 0.1) is 0 Å². The highest BCUT2D eigenvalue weighted by Crippen LogP contribution is 2.19. The standard InChI is InChI=1S/C14H16N2O2/c1-9(2)16-14(17)11-6-10-7-12(18-3)4-5-13(10)15-8-11/h4-9H,1-3H3,(H,16,17). The SMILES string of the molecule is COc1ccc2ncc(C(=O)NC(C)C)cc2c1. The van der Waals surface area contributed by atoms with Crippen molar-refractivity contribution >= 4 is 16.8 Å². The van der Waals surface area contributed by atoms with Crippen LogP contribution in [0.5, 0.6) is 5.75 Å². The molecule has 1 amide bonds. The van der Waals surface area contributed by atoms with E-state index < -0.39 is 0 Å². The van der Waals surface area contributed by atoms with Crippen LogP contribution in [0.15, 0.2) is 30.5 Å². The fourth-order valence-corrected chi connectivity index (χ4v) is 1.71. The summed E-state index contributed by atoms with van der Waals surface area (Å²) >= 11 is 0. The van der Waals surface area contributed by atoms with Crippen molar-refractivity contribution in [3.63, 3.8) is 0 Å². The number of carbonyl (C=O) groups is 1. The van der Waals surface area contributed by atoms with Crippen LogP contribution in [0.4, 0.5) is 0 Å². The number of methoxy groups -OCH3 is 1. The van der Waals surface area contributed by atoms with E-state index in [2.05, 4.69) is 10.3 Å². The van der Waals surface area contributed by atoms with Gasteiger partial charge in [-0.1, -0.05) is 0 Å². The zero-order chi connectivity index (χ0) is 13.1. The predicted molar refractivity (Wildman–Crippen MR) is 70.9 cm³/mol. The number of amides is 1. The first kappa shape index (κ1) is 12.4. The Hall–Kier alpha value is -2.10. The van der Waals surface area contributed by atoms with E-state index in [9.17, 15) is 4.79 Å². The number of nitrogens with one attached hydrogen (secondary N) is 1. The molecule has 0 spiro atoms. The Bertz CT molecular complexity index is 579. The smallest absolute Gasteiger partial charge is 0.253 e. The summed E-state index contributed by atoms with van der Waals surface area (Å²) in [6.07, 6.45) is 1.59. The van der Waals surface area contributed by atoms with Gasteiger partial charge in [0.1, 0.15) is 5.75 Å². The van der Waals surface area contributed by atoms with Gasteiger partial charge in [0, 0.05) is 17.6 Å². The van der Waals surface area contributed by atoms with Gasteiger partial charge in [-0.3, -0.25) is 9.78 Å². The number of carbonyl (C=O) groups excluding carboxylic acids is 1. The Labute approximate surface area is 106 Å². The van der Waals surface area contributed by atoms with Gasteiger partial charge >= 0.3 is 0 Å². The number of hydrogen-bond donors (Lipinski definition) is 1. The summed E-state index contributed by atoms with van der Waals surface area (Å²) in [4.78, 5) is 16.1. The Morgan fingerprint density at radius 1 is 1.33 bits per heavy atom. The third kappa shape index (κ3) is 2.59. The molecule has 1 N–H and O–H groups in total. The largest absolute Gasteiger partial charge is 0.497 e. The number of pyridine rings is 1. The van der Waals surface area contributed by atoms with Gasteiger partial charge in [-0.05, 0) is 38.1 Å². The molecule has 4 nitrogen and oxygen atoms in total. The molecule has 0 atom stereocenters. The third-order valence-corrected chi connectivity index (χ3v) is 2.57. The van der Waals surface area contributed by atoms with E-state index in [1.807, 2.05) is 38.1 Å². The number of fused-ring (bicyclic) bond motifs is 1. The van der Waals surface area contributed by atoms with Crippen LogP contribution < -0.4 is 10.1 Å². The van der Waals surface area contributed by atoms with Gasteiger partial charge in [0.2, 0.25) is 0 Å². The summed E-state index contributed by atoms with van der Waals surface area (Å²) in [7, 11) is 1.61. The minimum Gasteiger partial charge on any atom is -0.497 e. The van der Waals surface area contributed by atoms with Gasteiger partial charge in [0.25, 0.3) is 5.91 Å². The average molecular weight is 244 g/mol. The quantitative estimate of drug-likeness (QED) is 0.901. The Morgan fingerprint density at radius 3 is 2.78 bits per heavy atom. The predicted octanol–water partition coefficient (Wildman–Crippen LogP) is 2.38. The second-order valence-corrected chi connectivity index (χ2v) is 4.41. The lowest BCUT2D eigenvalue weighted by Gasteiger charge is -2.09. The van der Waals surface area contributed by atoms with E-state index in [-0.39, 0.29) is 11.9 Å². The molecular weight excluding hydrogens is 228 g/mol. The minimum atomic E-state index is -0.109. The van der Waals surface area contributed by atoms with E-state index in [0.29, 0.717) is 5.56 Å². The summed E-state index contributed by atoms with van der Waals surface area (Å²) < 4.78 is 5.16. The molecule has 0 saturated heterocycles. The summed E-state index contributed by atoms with van der Waals surface area (Å²) in [5.41, 5.74) is 1.40. The Kier molecular flexibility index (Phi) is 3.46. The maximum Gasteiger partial charge on any atom is 0.253 e. The van der Waals surface area contributed by atoms with Crippen molar-refractivity contribution in [2.24, 2.45) is 0 Å². The molecule has 2 aromatic rings. The highest BCUT2D eigenvalue weighted by Gasteiger charge is 2.08. The van der Waals surface area contributed by atoms with Crippen molar-refractivity contribution in [1.29, 1.82) is 0 Å². The number of hydrogen-bond acceptors (Lipinski definition) is 3. The Morgan fingerprint density at radius 2 is 2.11 bits per heavy atom. The molecule has 0 aliphatic heterocycles. The Balaban J connectivity index is 2.39. The van der Waals surface area contributed by atoms with Crippen LogP contribution in [-0.4, -0.2) is 24.0 Å². The van der Waals surface area contributed by atoms with Crippen LogP contribution >= 0.6 is 0 Å². The van der Waals surface area contributed by atoms with Gasteiger partial charge in [-0.15, -0.1) is 0 Å². The molecule has 0 saturated carbocycles. The minimum absolute atomic E-state index is 0.109. The molecule has 1 heterocycles. The van der Waals surface area contributed by atoms with Gasteiger partial charge in [0.15, 0.2) is 0 Å². The number of rotatable bonds is 3. The molecule has 1 aromatic heterocycles. The molecule has 0 aliphatic carbocycles. The second kappa shape index (κ2) is 5.04. The third-order valence-electron chi connectivity index (χ3n) is 2.57. The van der Waals surface area contributed by atoms with Gasteiger partial charge in [-0.25, -0.2) is 0 Å². The normalized spacial score (nSPS) is 10.7. The zero-order valence-corrected chi connectivity index (χ0v) is 10.7. The summed E-state index contributed by atoms with van der Waals surface area (Å²) in [5.74, 6) is 0.646. The highest BCUT2D eigenvalue weighted by molar-refractivity contribution is 5.97. The van der Waals surface area contributed by atoms with Crippen molar-refractivity contribution in [3.05, 3.63) is 36.0 Å². The zero-order valence-electron chi connectivity index (χ0n) is 10.7. The second-order valence-electron chi connectivity index (χ2n) is 4.41. The van der Waals surface area contributed by atoms with Crippen LogP contribution in [0.1, 0.15) is 24.2 Å². The molecule has 0 bridgehead atoms. The van der Waals surface area contributed by atoms with Crippen molar-refractivity contribution in [3.8, 4) is 5.75 Å². The first-order valence-corrected chi connectivity index (χ1v) is 5.85. The fourth-order valence-electron chi connectivity index (χ4n) is 1.71. The van der Waals surface area contributed by atoms with E-state index in [1.165, 1.54) is 0 Å². The average Bonchev–Trinajstić information content (AvgIpc) is 2.36. The molecule has 0 unspecified atom stereocenters. The molecule has 2 rings (SSSR count). The lowest BCUT2D eigenvalue weighted by molar-refractivity contribution is 0.0943. The van der Waals surface area contributed by atoms with Crippen molar-refractivity contribution in [2.75, 3.05) is 7.11 Å². The molecule has 0 fully saturated rings. The lowest BCUT2D eigenvalue weighted by Crippen LogP contribution is -2.30. The van der Waals surface area contributed by atoms with Crippen molar-refractivity contribution in [2.45, 2.75) is 19.9 Å².